The van der Waals surface area contributed by atoms with Crippen molar-refractivity contribution in [2.45, 2.75) is 17.7 Å². The summed E-state index contributed by atoms with van der Waals surface area (Å²) in [4.78, 5) is 10.3. The number of benzene rings is 1. The maximum Gasteiger partial charge on any atom is 0.293 e. The molecule has 1 saturated heterocycles. The predicted molar refractivity (Wildman–Crippen MR) is 70.6 cm³/mol. The largest absolute Gasteiger partial charge is 0.383 e. The van der Waals surface area contributed by atoms with Gasteiger partial charge in [0.15, 0.2) is 0 Å². The van der Waals surface area contributed by atoms with E-state index in [1.54, 1.807) is 7.05 Å². The highest BCUT2D eigenvalue weighted by atomic mass is 32.2. The Labute approximate surface area is 111 Å². The van der Waals surface area contributed by atoms with Crippen LogP contribution >= 0.6 is 0 Å². The van der Waals surface area contributed by atoms with E-state index in [0.717, 1.165) is 18.9 Å². The smallest absolute Gasteiger partial charge is 0.293 e. The third-order valence-corrected chi connectivity index (χ3v) is 5.03. The zero-order valence-corrected chi connectivity index (χ0v) is 11.3. The first-order valence-corrected chi connectivity index (χ1v) is 7.37. The molecule has 0 unspecified atom stereocenters. The van der Waals surface area contributed by atoms with Crippen molar-refractivity contribution in [1.82, 2.24) is 4.31 Å². The van der Waals surface area contributed by atoms with Gasteiger partial charge in [0.1, 0.15) is 5.69 Å². The lowest BCUT2D eigenvalue weighted by Crippen LogP contribution is -2.27. The predicted octanol–water partition coefficient (Wildman–Crippen LogP) is 1.42. The number of anilines is 1. The van der Waals surface area contributed by atoms with Crippen molar-refractivity contribution in [2.24, 2.45) is 0 Å². The molecule has 0 amide bonds. The van der Waals surface area contributed by atoms with Crippen LogP contribution < -0.4 is 5.32 Å². The van der Waals surface area contributed by atoms with Crippen LogP contribution in [0.3, 0.4) is 0 Å². The van der Waals surface area contributed by atoms with Crippen molar-refractivity contribution in [3.63, 3.8) is 0 Å². The van der Waals surface area contributed by atoms with Gasteiger partial charge in [0.05, 0.1) is 9.82 Å². The van der Waals surface area contributed by atoms with Crippen LogP contribution in [-0.4, -0.2) is 37.8 Å². The molecule has 1 aliphatic heterocycles. The van der Waals surface area contributed by atoms with Gasteiger partial charge in [-0.25, -0.2) is 8.42 Å². The van der Waals surface area contributed by atoms with Crippen LogP contribution in [0.4, 0.5) is 11.4 Å². The highest BCUT2D eigenvalue weighted by molar-refractivity contribution is 7.89. The SMILES string of the molecule is CNc1ccc(S(=O)(=O)N2CCCC2)cc1[N+](=O)[O-]. The Bertz CT molecular complexity index is 594. The quantitative estimate of drug-likeness (QED) is 0.667. The third-order valence-electron chi connectivity index (χ3n) is 3.14. The molecule has 0 aromatic heterocycles. The van der Waals surface area contributed by atoms with E-state index in [9.17, 15) is 18.5 Å². The van der Waals surface area contributed by atoms with E-state index in [2.05, 4.69) is 5.32 Å². The number of nitrogens with one attached hydrogen (secondary N) is 1. The highest BCUT2D eigenvalue weighted by Crippen LogP contribution is 2.29. The van der Waals surface area contributed by atoms with Gasteiger partial charge >= 0.3 is 0 Å². The van der Waals surface area contributed by atoms with Crippen molar-refractivity contribution in [3.8, 4) is 0 Å². The number of nitrogens with zero attached hydrogens (tertiary/aromatic N) is 2. The number of rotatable bonds is 4. The van der Waals surface area contributed by atoms with E-state index in [0.29, 0.717) is 18.8 Å². The lowest BCUT2D eigenvalue weighted by molar-refractivity contribution is -0.384. The Balaban J connectivity index is 2.45. The van der Waals surface area contributed by atoms with Gasteiger partial charge in [0.2, 0.25) is 10.0 Å². The molecule has 19 heavy (non-hydrogen) atoms. The fraction of sp³-hybridized carbons (Fsp3) is 0.455. The van der Waals surface area contributed by atoms with E-state index in [1.165, 1.54) is 16.4 Å². The van der Waals surface area contributed by atoms with E-state index in [4.69, 9.17) is 0 Å². The van der Waals surface area contributed by atoms with Gasteiger partial charge in [-0.2, -0.15) is 4.31 Å². The van der Waals surface area contributed by atoms with Gasteiger partial charge in [-0.05, 0) is 25.0 Å². The molecule has 1 heterocycles. The molecule has 7 nitrogen and oxygen atoms in total. The minimum atomic E-state index is -3.62. The molecular formula is C11H15N3O4S. The maximum atomic E-state index is 12.3. The summed E-state index contributed by atoms with van der Waals surface area (Å²) in [6.07, 6.45) is 1.66. The van der Waals surface area contributed by atoms with Gasteiger partial charge in [-0.3, -0.25) is 10.1 Å². The summed E-state index contributed by atoms with van der Waals surface area (Å²) >= 11 is 0. The molecule has 0 saturated carbocycles. The number of hydrogen-bond donors (Lipinski definition) is 1. The minimum absolute atomic E-state index is 0.0277. The van der Waals surface area contributed by atoms with Gasteiger partial charge in [-0.1, -0.05) is 0 Å². The molecule has 1 aromatic carbocycles. The van der Waals surface area contributed by atoms with Crippen molar-refractivity contribution in [2.75, 3.05) is 25.5 Å². The molecule has 2 rings (SSSR count). The number of nitro groups is 1. The van der Waals surface area contributed by atoms with Crippen LogP contribution in [0.2, 0.25) is 0 Å². The Morgan fingerprint density at radius 3 is 2.47 bits per heavy atom. The van der Waals surface area contributed by atoms with Crippen LogP contribution in [0.15, 0.2) is 23.1 Å². The average molecular weight is 285 g/mol. The molecule has 1 aliphatic rings. The average Bonchev–Trinajstić information content (AvgIpc) is 2.92. The highest BCUT2D eigenvalue weighted by Gasteiger charge is 2.29. The van der Waals surface area contributed by atoms with Gasteiger partial charge < -0.3 is 5.32 Å². The Hall–Kier alpha value is -1.67. The monoisotopic (exact) mass is 285 g/mol. The van der Waals surface area contributed by atoms with E-state index in [1.807, 2.05) is 0 Å². The summed E-state index contributed by atoms with van der Waals surface area (Å²) in [5.74, 6) is 0. The zero-order chi connectivity index (χ0) is 14.0. The second kappa shape index (κ2) is 5.14. The molecular weight excluding hydrogens is 270 g/mol. The number of sulfonamides is 1. The summed E-state index contributed by atoms with van der Waals surface area (Å²) in [5, 5.41) is 13.6. The molecule has 104 valence electrons. The van der Waals surface area contributed by atoms with Crippen molar-refractivity contribution in [3.05, 3.63) is 28.3 Å². The molecule has 8 heteroatoms. The minimum Gasteiger partial charge on any atom is -0.383 e. The van der Waals surface area contributed by atoms with Crippen LogP contribution in [0.5, 0.6) is 0 Å². The summed E-state index contributed by atoms with van der Waals surface area (Å²) in [7, 11) is -2.07. The van der Waals surface area contributed by atoms with Crippen molar-refractivity contribution >= 4 is 21.4 Å². The standard InChI is InChI=1S/C11H15N3O4S/c1-12-10-5-4-9(8-11(10)14(15)16)19(17,18)13-6-2-3-7-13/h4-5,8,12H,2-3,6-7H2,1H3. The summed E-state index contributed by atoms with van der Waals surface area (Å²) in [6.45, 7) is 0.952. The van der Waals surface area contributed by atoms with Crippen molar-refractivity contribution in [1.29, 1.82) is 0 Å². The second-order valence-corrected chi connectivity index (χ2v) is 6.24. The van der Waals surface area contributed by atoms with Crippen LogP contribution in [0.25, 0.3) is 0 Å². The molecule has 1 fully saturated rings. The number of hydrogen-bond acceptors (Lipinski definition) is 5. The van der Waals surface area contributed by atoms with E-state index in [-0.39, 0.29) is 10.6 Å². The molecule has 0 radical (unpaired) electrons. The van der Waals surface area contributed by atoms with E-state index >= 15 is 0 Å². The summed E-state index contributed by atoms with van der Waals surface area (Å²) in [5.41, 5.74) is 0.0631. The first kappa shape index (κ1) is 13.8. The lowest BCUT2D eigenvalue weighted by atomic mass is 10.3. The first-order chi connectivity index (χ1) is 8.96. The van der Waals surface area contributed by atoms with Gasteiger partial charge in [0.25, 0.3) is 5.69 Å². The first-order valence-electron chi connectivity index (χ1n) is 5.93. The van der Waals surface area contributed by atoms with Gasteiger partial charge in [-0.15, -0.1) is 0 Å². The molecule has 0 spiro atoms. The van der Waals surface area contributed by atoms with Gasteiger partial charge in [0, 0.05) is 26.2 Å². The normalized spacial score (nSPS) is 16.5. The molecule has 1 aromatic rings. The van der Waals surface area contributed by atoms with Crippen LogP contribution in [-0.2, 0) is 10.0 Å². The Morgan fingerprint density at radius 2 is 1.95 bits per heavy atom. The molecule has 0 aliphatic carbocycles. The van der Waals surface area contributed by atoms with Crippen LogP contribution in [0.1, 0.15) is 12.8 Å². The zero-order valence-electron chi connectivity index (χ0n) is 10.5. The van der Waals surface area contributed by atoms with Crippen LogP contribution in [0, 0.1) is 10.1 Å². The Kier molecular flexibility index (Phi) is 3.72. The fourth-order valence-electron chi connectivity index (χ4n) is 2.11. The topological polar surface area (TPSA) is 92.6 Å². The third kappa shape index (κ3) is 2.54. The lowest BCUT2D eigenvalue weighted by Gasteiger charge is -2.15. The van der Waals surface area contributed by atoms with E-state index < -0.39 is 14.9 Å². The summed E-state index contributed by atoms with van der Waals surface area (Å²) < 4.78 is 25.9. The maximum absolute atomic E-state index is 12.3. The van der Waals surface area contributed by atoms with Crippen molar-refractivity contribution < 1.29 is 13.3 Å². The summed E-state index contributed by atoms with van der Waals surface area (Å²) in [6, 6.07) is 3.92. The second-order valence-electron chi connectivity index (χ2n) is 4.30. The fourth-order valence-corrected chi connectivity index (χ4v) is 3.65. The molecule has 0 bridgehead atoms. The number of nitro benzene ring substituents is 1. The molecule has 0 atom stereocenters. The molecule has 1 N–H and O–H groups in total. The Morgan fingerprint density at radius 1 is 1.32 bits per heavy atom.